The molecule has 0 fully saturated rings. The summed E-state index contributed by atoms with van der Waals surface area (Å²) < 4.78 is 25.0. The average molecular weight is 524 g/mol. The Kier molecular flexibility index (Phi) is 9.10. The minimum Gasteiger partial charge on any atom is -0.454 e. The van der Waals surface area contributed by atoms with E-state index in [2.05, 4.69) is 34.6 Å². The first-order valence-electron chi connectivity index (χ1n) is 9.47. The molecule has 2 aromatic carbocycles. The van der Waals surface area contributed by atoms with Crippen molar-refractivity contribution in [3.63, 3.8) is 0 Å². The fourth-order valence-corrected chi connectivity index (χ4v) is 2.65. The molecule has 0 radical (unpaired) electrons. The Morgan fingerprint density at radius 1 is 1.07 bits per heavy atom. The molecule has 0 unspecified atom stereocenters. The highest BCUT2D eigenvalue weighted by Gasteiger charge is 2.10. The van der Waals surface area contributed by atoms with Crippen molar-refractivity contribution in [2.45, 2.75) is 32.9 Å². The Balaban J connectivity index is 0.00000320. The molecule has 1 aromatic heterocycles. The predicted octanol–water partition coefficient (Wildman–Crippen LogP) is 5.21. The van der Waals surface area contributed by atoms with Crippen LogP contribution in [0.25, 0.3) is 0 Å². The molecule has 8 heteroatoms. The van der Waals surface area contributed by atoms with Crippen molar-refractivity contribution in [3.05, 3.63) is 77.4 Å². The molecule has 3 aromatic rings. The predicted molar refractivity (Wildman–Crippen MR) is 126 cm³/mol. The lowest BCUT2D eigenvalue weighted by Gasteiger charge is -2.14. The fourth-order valence-electron chi connectivity index (χ4n) is 2.65. The molecule has 2 N–H and O–H groups in total. The number of nitrogens with zero attached hydrogens (tertiary/aromatic N) is 2. The van der Waals surface area contributed by atoms with Gasteiger partial charge in [-0.15, -0.1) is 24.0 Å². The lowest BCUT2D eigenvalue weighted by molar-refractivity contribution is 0.372. The number of hydrogen-bond acceptors (Lipinski definition) is 4. The SMILES string of the molecule is CN=C(NCc1cc(C(C)C)no1)NCc1ccccc1Oc1ccccc1F.I. The van der Waals surface area contributed by atoms with E-state index in [1.165, 1.54) is 6.07 Å². The number of halogens is 2. The Labute approximate surface area is 192 Å². The van der Waals surface area contributed by atoms with Crippen LogP contribution in [-0.4, -0.2) is 18.2 Å². The van der Waals surface area contributed by atoms with Gasteiger partial charge in [-0.05, 0) is 24.1 Å². The molecular formula is C22H26FIN4O2. The maximum atomic E-state index is 13.9. The zero-order chi connectivity index (χ0) is 20.6. The maximum Gasteiger partial charge on any atom is 0.191 e. The molecule has 1 heterocycles. The van der Waals surface area contributed by atoms with Crippen LogP contribution in [0.1, 0.15) is 36.8 Å². The molecule has 0 bridgehead atoms. The minimum absolute atomic E-state index is 0. The molecular weight excluding hydrogens is 498 g/mol. The topological polar surface area (TPSA) is 71.7 Å². The van der Waals surface area contributed by atoms with Crippen LogP contribution in [0.4, 0.5) is 4.39 Å². The number of benzene rings is 2. The molecule has 0 aliphatic heterocycles. The third-order valence-electron chi connectivity index (χ3n) is 4.30. The monoisotopic (exact) mass is 524 g/mol. The third-order valence-corrected chi connectivity index (χ3v) is 4.30. The van der Waals surface area contributed by atoms with E-state index in [1.54, 1.807) is 25.2 Å². The van der Waals surface area contributed by atoms with E-state index >= 15 is 0 Å². The van der Waals surface area contributed by atoms with Gasteiger partial charge in [-0.1, -0.05) is 49.3 Å². The van der Waals surface area contributed by atoms with E-state index in [4.69, 9.17) is 9.26 Å². The number of rotatable bonds is 7. The van der Waals surface area contributed by atoms with Gasteiger partial charge in [0.15, 0.2) is 23.3 Å². The summed E-state index contributed by atoms with van der Waals surface area (Å²) in [5.74, 6) is 2.02. The average Bonchev–Trinajstić information content (AvgIpc) is 3.20. The van der Waals surface area contributed by atoms with Gasteiger partial charge in [0.2, 0.25) is 0 Å². The van der Waals surface area contributed by atoms with Crippen molar-refractivity contribution in [1.29, 1.82) is 0 Å². The first kappa shape index (κ1) is 23.7. The molecule has 0 saturated heterocycles. The smallest absolute Gasteiger partial charge is 0.191 e. The number of para-hydroxylation sites is 2. The number of aromatic nitrogens is 1. The van der Waals surface area contributed by atoms with Gasteiger partial charge in [-0.25, -0.2) is 4.39 Å². The first-order valence-corrected chi connectivity index (χ1v) is 9.47. The van der Waals surface area contributed by atoms with E-state index in [-0.39, 0.29) is 29.7 Å². The van der Waals surface area contributed by atoms with Crippen LogP contribution in [-0.2, 0) is 13.1 Å². The zero-order valence-electron chi connectivity index (χ0n) is 17.2. The number of guanidine groups is 1. The van der Waals surface area contributed by atoms with Crippen molar-refractivity contribution < 1.29 is 13.7 Å². The highest BCUT2D eigenvalue weighted by Crippen LogP contribution is 2.27. The lowest BCUT2D eigenvalue weighted by atomic mass is 10.1. The van der Waals surface area contributed by atoms with Crippen LogP contribution in [0.3, 0.4) is 0 Å². The van der Waals surface area contributed by atoms with Gasteiger partial charge in [0.05, 0.1) is 12.2 Å². The summed E-state index contributed by atoms with van der Waals surface area (Å²) in [5.41, 5.74) is 1.80. The second-order valence-electron chi connectivity index (χ2n) is 6.79. The van der Waals surface area contributed by atoms with E-state index in [0.717, 1.165) is 17.0 Å². The molecule has 160 valence electrons. The molecule has 0 aliphatic carbocycles. The quantitative estimate of drug-likeness (QED) is 0.252. The zero-order valence-corrected chi connectivity index (χ0v) is 19.5. The van der Waals surface area contributed by atoms with Gasteiger partial charge in [0.25, 0.3) is 0 Å². The summed E-state index contributed by atoms with van der Waals surface area (Å²) in [7, 11) is 1.69. The Morgan fingerprint density at radius 3 is 2.40 bits per heavy atom. The van der Waals surface area contributed by atoms with E-state index in [9.17, 15) is 4.39 Å². The molecule has 0 amide bonds. The van der Waals surface area contributed by atoms with Crippen LogP contribution in [0.15, 0.2) is 64.1 Å². The van der Waals surface area contributed by atoms with Crippen LogP contribution in [0.5, 0.6) is 11.5 Å². The normalized spacial score (nSPS) is 11.2. The van der Waals surface area contributed by atoms with Crippen molar-refractivity contribution in [3.8, 4) is 11.5 Å². The number of hydrogen-bond donors (Lipinski definition) is 2. The molecule has 0 saturated carbocycles. The van der Waals surface area contributed by atoms with Crippen LogP contribution < -0.4 is 15.4 Å². The summed E-state index contributed by atoms with van der Waals surface area (Å²) >= 11 is 0. The van der Waals surface area contributed by atoms with Gasteiger partial charge in [-0.3, -0.25) is 4.99 Å². The maximum absolute atomic E-state index is 13.9. The van der Waals surface area contributed by atoms with Gasteiger partial charge in [-0.2, -0.15) is 0 Å². The van der Waals surface area contributed by atoms with Crippen LogP contribution in [0.2, 0.25) is 0 Å². The van der Waals surface area contributed by atoms with Gasteiger partial charge in [0, 0.05) is 25.2 Å². The van der Waals surface area contributed by atoms with E-state index < -0.39 is 5.82 Å². The van der Waals surface area contributed by atoms with E-state index in [0.29, 0.717) is 30.7 Å². The molecule has 0 atom stereocenters. The molecule has 0 aliphatic rings. The minimum atomic E-state index is -0.402. The fraction of sp³-hybridized carbons (Fsp3) is 0.273. The second-order valence-corrected chi connectivity index (χ2v) is 6.79. The van der Waals surface area contributed by atoms with E-state index in [1.807, 2.05) is 30.3 Å². The number of ether oxygens (including phenoxy) is 1. The largest absolute Gasteiger partial charge is 0.454 e. The van der Waals surface area contributed by atoms with Crippen molar-refractivity contribution in [2.75, 3.05) is 7.05 Å². The Morgan fingerprint density at radius 2 is 1.73 bits per heavy atom. The summed E-state index contributed by atoms with van der Waals surface area (Å²) in [4.78, 5) is 4.22. The van der Waals surface area contributed by atoms with Gasteiger partial charge < -0.3 is 19.9 Å². The van der Waals surface area contributed by atoms with Gasteiger partial charge >= 0.3 is 0 Å². The standard InChI is InChI=1S/C22H25FN4O2.HI/c1-15(2)19-12-17(29-27-19)14-26-22(24-3)25-13-16-8-4-6-10-20(16)28-21-11-7-5-9-18(21)23;/h4-12,15H,13-14H2,1-3H3,(H2,24,25,26);1H. The number of nitrogens with one attached hydrogen (secondary N) is 2. The summed E-state index contributed by atoms with van der Waals surface area (Å²) in [5, 5.41) is 10.5. The van der Waals surface area contributed by atoms with Crippen molar-refractivity contribution in [2.24, 2.45) is 4.99 Å². The lowest BCUT2D eigenvalue weighted by Crippen LogP contribution is -2.36. The van der Waals surface area contributed by atoms with Crippen molar-refractivity contribution in [1.82, 2.24) is 15.8 Å². The number of aliphatic imine (C=N–C) groups is 1. The third kappa shape index (κ3) is 6.45. The second kappa shape index (κ2) is 11.5. The summed E-state index contributed by atoms with van der Waals surface area (Å²) in [6.07, 6.45) is 0. The van der Waals surface area contributed by atoms with Crippen LogP contribution >= 0.6 is 24.0 Å². The Hall–Kier alpha value is -2.62. The summed E-state index contributed by atoms with van der Waals surface area (Å²) in [6.45, 7) is 5.05. The van der Waals surface area contributed by atoms with Crippen molar-refractivity contribution >= 4 is 29.9 Å². The molecule has 3 rings (SSSR count). The summed E-state index contributed by atoms with van der Waals surface area (Å²) in [6, 6.07) is 15.8. The highest BCUT2D eigenvalue weighted by molar-refractivity contribution is 14.0. The van der Waals surface area contributed by atoms with Crippen LogP contribution in [0, 0.1) is 5.82 Å². The molecule has 0 spiro atoms. The first-order chi connectivity index (χ1) is 14.1. The highest BCUT2D eigenvalue weighted by atomic mass is 127. The van der Waals surface area contributed by atoms with Gasteiger partial charge in [0.1, 0.15) is 5.75 Å². The molecule has 6 nitrogen and oxygen atoms in total. The Bertz CT molecular complexity index is 975. The molecule has 30 heavy (non-hydrogen) atoms.